The molecule has 2 nitrogen and oxygen atoms in total. The minimum Gasteiger partial charge on any atom is -0.396 e. The van der Waals surface area contributed by atoms with Crippen molar-refractivity contribution in [3.63, 3.8) is 0 Å². The van der Waals surface area contributed by atoms with Crippen LogP contribution in [0.15, 0.2) is 12.1 Å². The Labute approximate surface area is 103 Å². The zero-order chi connectivity index (χ0) is 12.7. The zero-order valence-electron chi connectivity index (χ0n) is 10.4. The van der Waals surface area contributed by atoms with Crippen molar-refractivity contribution in [3.8, 4) is 17.9 Å². The summed E-state index contributed by atoms with van der Waals surface area (Å²) in [6, 6.07) is 6.07. The number of unbranched alkanes of at least 4 members (excludes halogenated alkanes) is 1. The summed E-state index contributed by atoms with van der Waals surface area (Å²) in [5.74, 6) is 5.31. The number of hydrogen-bond acceptors (Lipinski definition) is 2. The van der Waals surface area contributed by atoms with Gasteiger partial charge in [-0.3, -0.25) is 0 Å². The van der Waals surface area contributed by atoms with Gasteiger partial charge in [-0.2, -0.15) is 5.26 Å². The van der Waals surface area contributed by atoms with E-state index in [1.54, 1.807) is 0 Å². The number of nitrogens with zero attached hydrogens (tertiary/aromatic N) is 1. The van der Waals surface area contributed by atoms with Gasteiger partial charge in [-0.15, -0.1) is 0 Å². The average Bonchev–Trinajstić information content (AvgIpc) is 2.28. The Bertz CT molecular complexity index is 463. The minimum absolute atomic E-state index is 0.254. The van der Waals surface area contributed by atoms with Crippen molar-refractivity contribution >= 4 is 0 Å². The monoisotopic (exact) mass is 227 g/mol. The highest BCUT2D eigenvalue weighted by Gasteiger charge is 2.03. The Balaban J connectivity index is 2.90. The Hall–Kier alpha value is -1.77. The van der Waals surface area contributed by atoms with Crippen LogP contribution < -0.4 is 0 Å². The third-order valence-corrected chi connectivity index (χ3v) is 2.71. The molecule has 0 aliphatic heterocycles. The summed E-state index contributed by atoms with van der Waals surface area (Å²) in [7, 11) is 0. The fraction of sp³-hybridized carbons (Fsp3) is 0.400. The van der Waals surface area contributed by atoms with Crippen LogP contribution in [0.25, 0.3) is 0 Å². The van der Waals surface area contributed by atoms with Crippen LogP contribution >= 0.6 is 0 Å². The van der Waals surface area contributed by atoms with E-state index >= 15 is 0 Å². The summed E-state index contributed by atoms with van der Waals surface area (Å²) in [5.41, 5.74) is 4.46. The molecule has 0 bridgehead atoms. The zero-order valence-corrected chi connectivity index (χ0v) is 10.4. The van der Waals surface area contributed by atoms with E-state index in [0.717, 1.165) is 36.0 Å². The summed E-state index contributed by atoms with van der Waals surface area (Å²) < 4.78 is 0. The van der Waals surface area contributed by atoms with Gasteiger partial charge in [0.15, 0.2) is 6.07 Å². The van der Waals surface area contributed by atoms with E-state index in [2.05, 4.69) is 24.0 Å². The lowest BCUT2D eigenvalue weighted by molar-refractivity contribution is 0.284. The molecule has 0 atom stereocenters. The highest BCUT2D eigenvalue weighted by atomic mass is 16.2. The Morgan fingerprint density at radius 2 is 1.82 bits per heavy atom. The van der Waals surface area contributed by atoms with Crippen molar-refractivity contribution in [3.05, 3.63) is 34.4 Å². The van der Waals surface area contributed by atoms with Gasteiger partial charge in [0.2, 0.25) is 0 Å². The van der Waals surface area contributed by atoms with E-state index in [-0.39, 0.29) is 6.61 Å². The summed E-state index contributed by atoms with van der Waals surface area (Å²) >= 11 is 0. The lowest BCUT2D eigenvalue weighted by Crippen LogP contribution is -1.94. The van der Waals surface area contributed by atoms with Gasteiger partial charge in [-0.25, -0.2) is 0 Å². The molecule has 0 amide bonds. The second-order valence-corrected chi connectivity index (χ2v) is 4.15. The normalized spacial score (nSPS) is 9.29. The highest BCUT2D eigenvalue weighted by Crippen LogP contribution is 2.17. The quantitative estimate of drug-likeness (QED) is 0.634. The molecule has 0 unspecified atom stereocenters. The number of rotatable bonds is 4. The fourth-order valence-electron chi connectivity index (χ4n) is 1.93. The van der Waals surface area contributed by atoms with Crippen LogP contribution in [0.4, 0.5) is 0 Å². The van der Waals surface area contributed by atoms with E-state index < -0.39 is 0 Å². The summed E-state index contributed by atoms with van der Waals surface area (Å²) in [5, 5.41) is 17.2. The fourth-order valence-corrected chi connectivity index (χ4v) is 1.93. The Morgan fingerprint density at radius 1 is 1.18 bits per heavy atom. The molecule has 0 aliphatic rings. The molecule has 0 spiro atoms. The molecule has 17 heavy (non-hydrogen) atoms. The Kier molecular flexibility index (Phi) is 5.27. The number of aryl methyl sites for hydroxylation is 3. The molecule has 0 aromatic heterocycles. The molecule has 0 saturated heterocycles. The number of nitriles is 1. The van der Waals surface area contributed by atoms with Gasteiger partial charge < -0.3 is 5.11 Å². The number of aliphatic hydroxyl groups excluding tert-OH is 1. The first-order chi connectivity index (χ1) is 8.19. The minimum atomic E-state index is 0.254. The summed E-state index contributed by atoms with van der Waals surface area (Å²) in [6.45, 7) is 4.29. The topological polar surface area (TPSA) is 44.0 Å². The van der Waals surface area contributed by atoms with Crippen molar-refractivity contribution in [1.82, 2.24) is 0 Å². The van der Waals surface area contributed by atoms with E-state index in [1.165, 1.54) is 5.56 Å². The van der Waals surface area contributed by atoms with Gasteiger partial charge in [0.1, 0.15) is 0 Å². The third kappa shape index (κ3) is 3.94. The van der Waals surface area contributed by atoms with E-state index in [1.807, 2.05) is 19.9 Å². The first-order valence-electron chi connectivity index (χ1n) is 5.80. The third-order valence-electron chi connectivity index (χ3n) is 2.71. The second-order valence-electron chi connectivity index (χ2n) is 4.15. The van der Waals surface area contributed by atoms with Gasteiger partial charge in [0, 0.05) is 18.1 Å². The molecule has 2 heteroatoms. The maximum absolute atomic E-state index is 8.75. The largest absolute Gasteiger partial charge is 0.396 e. The van der Waals surface area contributed by atoms with E-state index in [0.29, 0.717) is 0 Å². The number of benzene rings is 1. The van der Waals surface area contributed by atoms with Crippen molar-refractivity contribution in [2.45, 2.75) is 33.1 Å². The summed E-state index contributed by atoms with van der Waals surface area (Å²) in [6.07, 6.45) is 2.82. The van der Waals surface area contributed by atoms with Crippen LogP contribution in [-0.2, 0) is 6.42 Å². The SMILES string of the molecule is Cc1cc(CCCCO)cc(C)c1C#CC#N. The lowest BCUT2D eigenvalue weighted by Gasteiger charge is -2.08. The van der Waals surface area contributed by atoms with Crippen LogP contribution in [-0.4, -0.2) is 11.7 Å². The van der Waals surface area contributed by atoms with Crippen LogP contribution in [0.2, 0.25) is 0 Å². The molecule has 1 aromatic carbocycles. The molecule has 1 aromatic rings. The van der Waals surface area contributed by atoms with Gasteiger partial charge in [-0.1, -0.05) is 18.1 Å². The van der Waals surface area contributed by atoms with Crippen LogP contribution in [0, 0.1) is 37.0 Å². The molecular formula is C15H17NO. The number of hydrogen-bond donors (Lipinski definition) is 1. The lowest BCUT2D eigenvalue weighted by atomic mass is 9.97. The van der Waals surface area contributed by atoms with Gasteiger partial charge in [-0.05, 0) is 49.8 Å². The van der Waals surface area contributed by atoms with Crippen LogP contribution in [0.5, 0.6) is 0 Å². The van der Waals surface area contributed by atoms with Gasteiger partial charge in [0.25, 0.3) is 0 Å². The molecule has 0 saturated carbocycles. The second kappa shape index (κ2) is 6.74. The predicted octanol–water partition coefficient (Wildman–Crippen LogP) is 2.49. The van der Waals surface area contributed by atoms with Crippen molar-refractivity contribution in [2.75, 3.05) is 6.61 Å². The van der Waals surface area contributed by atoms with Crippen molar-refractivity contribution in [2.24, 2.45) is 0 Å². The van der Waals surface area contributed by atoms with Gasteiger partial charge >= 0.3 is 0 Å². The molecule has 88 valence electrons. The molecule has 1 rings (SSSR count). The standard InChI is InChI=1S/C15H17NO/c1-12-10-14(6-3-4-9-17)11-13(2)15(12)7-5-8-16/h10-11,17H,3-4,6,9H2,1-2H3. The van der Waals surface area contributed by atoms with Crippen LogP contribution in [0.1, 0.15) is 35.1 Å². The van der Waals surface area contributed by atoms with Crippen molar-refractivity contribution < 1.29 is 5.11 Å². The van der Waals surface area contributed by atoms with Crippen molar-refractivity contribution in [1.29, 1.82) is 5.26 Å². The number of aliphatic hydroxyl groups is 1. The molecule has 1 N–H and O–H groups in total. The smallest absolute Gasteiger partial charge is 0.152 e. The van der Waals surface area contributed by atoms with Crippen LogP contribution in [0.3, 0.4) is 0 Å². The molecule has 0 fully saturated rings. The van der Waals surface area contributed by atoms with E-state index in [9.17, 15) is 0 Å². The maximum Gasteiger partial charge on any atom is 0.152 e. The average molecular weight is 227 g/mol. The maximum atomic E-state index is 8.75. The van der Waals surface area contributed by atoms with E-state index in [4.69, 9.17) is 10.4 Å². The first-order valence-corrected chi connectivity index (χ1v) is 5.80. The molecule has 0 radical (unpaired) electrons. The van der Waals surface area contributed by atoms with Gasteiger partial charge in [0.05, 0.1) is 0 Å². The Morgan fingerprint density at radius 3 is 2.35 bits per heavy atom. The first kappa shape index (κ1) is 13.3. The summed E-state index contributed by atoms with van der Waals surface area (Å²) in [4.78, 5) is 0. The predicted molar refractivity (Wildman–Crippen MR) is 68.4 cm³/mol. The molecule has 0 aliphatic carbocycles. The molecular weight excluding hydrogens is 210 g/mol. The molecule has 0 heterocycles. The highest BCUT2D eigenvalue weighted by molar-refractivity contribution is 5.49.